The molecule has 8 nitrogen and oxygen atoms in total. The summed E-state index contributed by atoms with van der Waals surface area (Å²) in [6.07, 6.45) is 4.31. The van der Waals surface area contributed by atoms with E-state index in [0.29, 0.717) is 25.3 Å². The molecule has 1 aromatic carbocycles. The highest BCUT2D eigenvalue weighted by molar-refractivity contribution is 5.81. The molecule has 2 aliphatic rings. The van der Waals surface area contributed by atoms with Gasteiger partial charge in [-0.25, -0.2) is 10.3 Å². The Hall–Kier alpha value is -2.42. The van der Waals surface area contributed by atoms with Gasteiger partial charge in [-0.1, -0.05) is 42.0 Å². The van der Waals surface area contributed by atoms with Crippen molar-refractivity contribution < 1.29 is 24.6 Å². The molecule has 33 heavy (non-hydrogen) atoms. The molecule has 4 N–H and O–H groups in total. The Labute approximate surface area is 196 Å². The number of carbonyl (C=O) groups is 2. The number of fused-ring (bicyclic) bond motifs is 1. The number of β-amino-alcohol motifs (C(OH)–C–C–N with tert-alkyl or cyclic N) is 1. The maximum atomic E-state index is 13.1. The molecule has 2 amide bonds. The minimum atomic E-state index is -1.18. The molecule has 1 heterocycles. The number of likely N-dealkylation sites (tertiary alicyclic amines) is 1. The molecule has 0 bridgehead atoms. The Morgan fingerprint density at radius 1 is 1.24 bits per heavy atom. The molecule has 0 radical (unpaired) electrons. The van der Waals surface area contributed by atoms with E-state index in [1.54, 1.807) is 0 Å². The average Bonchev–Trinajstić information content (AvgIpc) is 2.76. The Bertz CT molecular complexity index is 836. The van der Waals surface area contributed by atoms with Gasteiger partial charge >= 0.3 is 6.09 Å². The normalized spacial score (nSPS) is 23.1. The molecule has 182 valence electrons. The van der Waals surface area contributed by atoms with Crippen molar-refractivity contribution in [3.8, 4) is 0 Å². The first-order valence-electron chi connectivity index (χ1n) is 11.7. The van der Waals surface area contributed by atoms with Crippen molar-refractivity contribution in [3.63, 3.8) is 0 Å². The van der Waals surface area contributed by atoms with Crippen molar-refractivity contribution in [2.45, 2.75) is 76.7 Å². The van der Waals surface area contributed by atoms with Crippen molar-refractivity contribution in [1.29, 1.82) is 0 Å². The minimum Gasteiger partial charge on any atom is -0.465 e. The fourth-order valence-corrected chi connectivity index (χ4v) is 4.64. The minimum absolute atomic E-state index is 0.176. The van der Waals surface area contributed by atoms with Crippen LogP contribution in [0.15, 0.2) is 42.0 Å². The first kappa shape index (κ1) is 25.2. The predicted octanol–water partition coefficient (Wildman–Crippen LogP) is 2.87. The summed E-state index contributed by atoms with van der Waals surface area (Å²) in [6.45, 7) is 6.35. The summed E-state index contributed by atoms with van der Waals surface area (Å²) in [6, 6.07) is 8.32. The number of carbonyl (C=O) groups excluding carboxylic acids is 1. The second-order valence-electron chi connectivity index (χ2n) is 10.1. The van der Waals surface area contributed by atoms with Gasteiger partial charge in [0.05, 0.1) is 23.8 Å². The van der Waals surface area contributed by atoms with Crippen LogP contribution in [0.25, 0.3) is 0 Å². The van der Waals surface area contributed by atoms with E-state index in [-0.39, 0.29) is 12.5 Å². The van der Waals surface area contributed by atoms with E-state index < -0.39 is 29.9 Å². The number of carboxylic acid groups (broad SMARTS) is 1. The molecular formula is C25H37N3O5. The number of piperidine rings is 1. The number of aliphatic hydroxyl groups is 1. The quantitative estimate of drug-likeness (QED) is 0.351. The fourth-order valence-electron chi connectivity index (χ4n) is 4.64. The fraction of sp³-hybridized carbons (Fsp3) is 0.600. The largest absolute Gasteiger partial charge is 0.465 e. The topological polar surface area (TPSA) is 111 Å². The number of nitrogens with zero attached hydrogens (tertiary/aromatic N) is 1. The lowest BCUT2D eigenvalue weighted by molar-refractivity contribution is -0.152. The van der Waals surface area contributed by atoms with Gasteiger partial charge < -0.3 is 15.5 Å². The molecule has 1 aliphatic carbocycles. The highest BCUT2D eigenvalue weighted by Crippen LogP contribution is 2.35. The van der Waals surface area contributed by atoms with Gasteiger partial charge in [0.15, 0.2) is 0 Å². The van der Waals surface area contributed by atoms with Crippen LogP contribution < -0.4 is 10.8 Å². The van der Waals surface area contributed by atoms with Crippen LogP contribution in [0.2, 0.25) is 0 Å². The van der Waals surface area contributed by atoms with Gasteiger partial charge in [-0.15, -0.1) is 0 Å². The summed E-state index contributed by atoms with van der Waals surface area (Å²) < 4.78 is 0. The molecule has 0 spiro atoms. The number of hydroxylamine groups is 1. The highest BCUT2D eigenvalue weighted by atomic mass is 16.7. The van der Waals surface area contributed by atoms with Crippen LogP contribution in [-0.2, 0) is 16.1 Å². The number of aliphatic hydroxyl groups excluding tert-OH is 1. The summed E-state index contributed by atoms with van der Waals surface area (Å²) in [5, 5.41) is 22.9. The van der Waals surface area contributed by atoms with Gasteiger partial charge in [0.1, 0.15) is 0 Å². The maximum absolute atomic E-state index is 13.1. The molecule has 1 aromatic rings. The molecular weight excluding hydrogens is 422 g/mol. The van der Waals surface area contributed by atoms with Gasteiger partial charge in [-0.3, -0.25) is 14.5 Å². The zero-order valence-corrected chi connectivity index (χ0v) is 19.8. The van der Waals surface area contributed by atoms with E-state index in [9.17, 15) is 19.8 Å². The van der Waals surface area contributed by atoms with E-state index >= 15 is 0 Å². The molecule has 4 atom stereocenters. The number of nitrogens with one attached hydrogen (secondary N) is 2. The lowest BCUT2D eigenvalue weighted by Gasteiger charge is -2.43. The van der Waals surface area contributed by atoms with Crippen LogP contribution in [0, 0.1) is 5.92 Å². The van der Waals surface area contributed by atoms with E-state index in [1.807, 2.05) is 56.0 Å². The Kier molecular flexibility index (Phi) is 8.51. The first-order valence-corrected chi connectivity index (χ1v) is 11.7. The zero-order chi connectivity index (χ0) is 24.0. The van der Waals surface area contributed by atoms with E-state index in [2.05, 4.69) is 16.9 Å². The summed E-state index contributed by atoms with van der Waals surface area (Å²) in [7, 11) is 0. The Morgan fingerprint density at radius 2 is 1.97 bits per heavy atom. The van der Waals surface area contributed by atoms with E-state index in [4.69, 9.17) is 4.84 Å². The first-order chi connectivity index (χ1) is 15.6. The average molecular weight is 460 g/mol. The second-order valence-corrected chi connectivity index (χ2v) is 10.1. The molecule has 0 aromatic heterocycles. The van der Waals surface area contributed by atoms with Gasteiger partial charge in [0, 0.05) is 13.1 Å². The lowest BCUT2D eigenvalue weighted by Crippen LogP contribution is -2.57. The molecule has 3 rings (SSSR count). The number of benzene rings is 1. The maximum Gasteiger partial charge on any atom is 0.404 e. The molecule has 1 saturated heterocycles. The number of rotatable bonds is 8. The SMILES string of the molecule is CC(C)(C)ONC(=O)[C@@H]1C[C@@H]2CCCC=C2CN1CC(O)C(Cc1ccccc1)NC(=O)O. The molecule has 0 saturated carbocycles. The van der Waals surface area contributed by atoms with Crippen LogP contribution in [0.4, 0.5) is 4.79 Å². The van der Waals surface area contributed by atoms with Crippen LogP contribution >= 0.6 is 0 Å². The van der Waals surface area contributed by atoms with Crippen LogP contribution in [0.5, 0.6) is 0 Å². The van der Waals surface area contributed by atoms with Gasteiger partial charge in [-0.05, 0) is 64.4 Å². The number of hydrogen-bond acceptors (Lipinski definition) is 5. The molecule has 2 unspecified atom stereocenters. The summed E-state index contributed by atoms with van der Waals surface area (Å²) in [5.74, 6) is 0.127. The summed E-state index contributed by atoms with van der Waals surface area (Å²) >= 11 is 0. The smallest absolute Gasteiger partial charge is 0.404 e. The summed E-state index contributed by atoms with van der Waals surface area (Å²) in [4.78, 5) is 32.0. The van der Waals surface area contributed by atoms with Crippen LogP contribution in [-0.4, -0.2) is 64.0 Å². The van der Waals surface area contributed by atoms with Crippen molar-refractivity contribution in [1.82, 2.24) is 15.7 Å². The van der Waals surface area contributed by atoms with Crippen LogP contribution in [0.3, 0.4) is 0 Å². The number of allylic oxidation sites excluding steroid dienone is 1. The Morgan fingerprint density at radius 3 is 2.64 bits per heavy atom. The third kappa shape index (κ3) is 7.55. The standard InChI is InChI=1S/C25H37N3O5/c1-25(2,3)33-27-23(30)21-14-18-11-7-8-12-19(18)15-28(21)16-22(29)20(26-24(31)32)13-17-9-5-4-6-10-17/h4-6,9-10,12,18,20-22,26,29H,7-8,11,13-16H2,1-3H3,(H,27,30)(H,31,32)/t18-,20?,21-,22?/m0/s1. The monoisotopic (exact) mass is 459 g/mol. The van der Waals surface area contributed by atoms with Crippen molar-refractivity contribution >= 4 is 12.0 Å². The molecule has 1 fully saturated rings. The summed E-state index contributed by atoms with van der Waals surface area (Å²) in [5.41, 5.74) is 4.32. The number of hydrogen-bond donors (Lipinski definition) is 4. The van der Waals surface area contributed by atoms with E-state index in [0.717, 1.165) is 24.8 Å². The van der Waals surface area contributed by atoms with Crippen LogP contribution in [0.1, 0.15) is 52.0 Å². The van der Waals surface area contributed by atoms with Gasteiger partial charge in [0.25, 0.3) is 5.91 Å². The third-order valence-corrected chi connectivity index (χ3v) is 6.28. The van der Waals surface area contributed by atoms with Crippen molar-refractivity contribution in [3.05, 3.63) is 47.5 Å². The zero-order valence-electron chi connectivity index (χ0n) is 19.8. The van der Waals surface area contributed by atoms with Crippen molar-refractivity contribution in [2.75, 3.05) is 13.1 Å². The third-order valence-electron chi connectivity index (χ3n) is 6.28. The van der Waals surface area contributed by atoms with E-state index in [1.165, 1.54) is 5.57 Å². The van der Waals surface area contributed by atoms with Crippen molar-refractivity contribution in [2.24, 2.45) is 5.92 Å². The Balaban J connectivity index is 1.75. The molecule has 8 heteroatoms. The van der Waals surface area contributed by atoms with Gasteiger partial charge in [-0.2, -0.15) is 0 Å². The second kappa shape index (κ2) is 11.1. The number of amides is 2. The lowest BCUT2D eigenvalue weighted by atomic mass is 9.79. The molecule has 1 aliphatic heterocycles. The highest BCUT2D eigenvalue weighted by Gasteiger charge is 2.39. The van der Waals surface area contributed by atoms with Gasteiger partial charge in [0.2, 0.25) is 0 Å². The predicted molar refractivity (Wildman–Crippen MR) is 125 cm³/mol.